The third-order valence-corrected chi connectivity index (χ3v) is 3.50. The van der Waals surface area contributed by atoms with E-state index in [0.717, 1.165) is 6.42 Å². The number of ether oxygens (including phenoxy) is 1. The maximum atomic E-state index is 12.1. The summed E-state index contributed by atoms with van der Waals surface area (Å²) in [6.45, 7) is 6.96. The summed E-state index contributed by atoms with van der Waals surface area (Å²) in [5, 5.41) is 11.7. The van der Waals surface area contributed by atoms with E-state index < -0.39 is 12.0 Å². The first-order valence-corrected chi connectivity index (χ1v) is 6.54. The smallest absolute Gasteiger partial charge is 0.317 e. The average Bonchev–Trinajstić information content (AvgIpc) is 2.78. The second kappa shape index (κ2) is 6.23. The van der Waals surface area contributed by atoms with Crippen LogP contribution < -0.4 is 5.32 Å². The Labute approximate surface area is 114 Å². The minimum absolute atomic E-state index is 0.0745. The highest BCUT2D eigenvalue weighted by molar-refractivity contribution is 5.76. The van der Waals surface area contributed by atoms with E-state index in [1.165, 1.54) is 0 Å². The number of hydrogen-bond donors (Lipinski definition) is 2. The van der Waals surface area contributed by atoms with Crippen LogP contribution in [0.4, 0.5) is 4.79 Å². The van der Waals surface area contributed by atoms with E-state index >= 15 is 0 Å². The molecule has 1 rings (SSSR count). The van der Waals surface area contributed by atoms with Gasteiger partial charge in [-0.3, -0.25) is 4.79 Å². The van der Waals surface area contributed by atoms with E-state index in [9.17, 15) is 9.59 Å². The maximum absolute atomic E-state index is 12.1. The molecule has 110 valence electrons. The van der Waals surface area contributed by atoms with Gasteiger partial charge in [0, 0.05) is 19.7 Å². The summed E-state index contributed by atoms with van der Waals surface area (Å²) < 4.78 is 5.25. The van der Waals surface area contributed by atoms with Crippen molar-refractivity contribution >= 4 is 12.0 Å². The van der Waals surface area contributed by atoms with Gasteiger partial charge in [-0.15, -0.1) is 0 Å². The van der Waals surface area contributed by atoms with Crippen molar-refractivity contribution < 1.29 is 19.4 Å². The molecule has 1 fully saturated rings. The minimum atomic E-state index is -0.910. The lowest BCUT2D eigenvalue weighted by atomic mass is 9.85. The first-order valence-electron chi connectivity index (χ1n) is 6.54. The van der Waals surface area contributed by atoms with Gasteiger partial charge in [0.1, 0.15) is 0 Å². The molecule has 6 heteroatoms. The van der Waals surface area contributed by atoms with Crippen molar-refractivity contribution in [2.75, 3.05) is 20.3 Å². The van der Waals surface area contributed by atoms with Gasteiger partial charge in [-0.1, -0.05) is 20.8 Å². The molecule has 1 heterocycles. The van der Waals surface area contributed by atoms with Crippen LogP contribution >= 0.6 is 0 Å². The highest BCUT2D eigenvalue weighted by atomic mass is 16.5. The molecule has 0 aromatic rings. The molecule has 2 atom stereocenters. The van der Waals surface area contributed by atoms with Crippen LogP contribution in [0.1, 0.15) is 33.6 Å². The Morgan fingerprint density at radius 2 is 2.11 bits per heavy atom. The zero-order valence-corrected chi connectivity index (χ0v) is 12.1. The van der Waals surface area contributed by atoms with Gasteiger partial charge in [-0.05, 0) is 11.8 Å². The normalized spacial score (nSPS) is 20.9. The maximum Gasteiger partial charge on any atom is 0.317 e. The van der Waals surface area contributed by atoms with Gasteiger partial charge < -0.3 is 20.1 Å². The Balaban J connectivity index is 2.62. The third kappa shape index (κ3) is 4.70. The van der Waals surface area contributed by atoms with Crippen LogP contribution in [0.2, 0.25) is 0 Å². The lowest BCUT2D eigenvalue weighted by molar-refractivity contribution is -0.138. The summed E-state index contributed by atoms with van der Waals surface area (Å²) in [5.74, 6) is -0.910. The summed E-state index contributed by atoms with van der Waals surface area (Å²) in [7, 11) is 1.72. The number of rotatable bonds is 4. The van der Waals surface area contributed by atoms with E-state index in [2.05, 4.69) is 5.32 Å². The Morgan fingerprint density at radius 1 is 1.47 bits per heavy atom. The van der Waals surface area contributed by atoms with Crippen LogP contribution in [0.25, 0.3) is 0 Å². The number of carboxylic acid groups (broad SMARTS) is 1. The van der Waals surface area contributed by atoms with E-state index in [1.807, 2.05) is 20.8 Å². The standard InChI is InChI=1S/C13H24N2O4/c1-13(2,3)10(7-11(16)17)14-12(18)15(4)9-5-6-19-8-9/h9-10H,5-8H2,1-4H3,(H,14,18)(H,16,17). The average molecular weight is 272 g/mol. The van der Waals surface area contributed by atoms with E-state index in [1.54, 1.807) is 11.9 Å². The minimum Gasteiger partial charge on any atom is -0.481 e. The van der Waals surface area contributed by atoms with E-state index in [0.29, 0.717) is 13.2 Å². The van der Waals surface area contributed by atoms with Gasteiger partial charge in [0.05, 0.1) is 19.1 Å². The number of carbonyl (C=O) groups excluding carboxylic acids is 1. The number of carboxylic acids is 1. The Bertz CT molecular complexity index is 332. The number of likely N-dealkylation sites (N-methyl/N-ethyl adjacent to an activating group) is 1. The van der Waals surface area contributed by atoms with Crippen molar-refractivity contribution in [1.29, 1.82) is 0 Å². The van der Waals surface area contributed by atoms with Crippen molar-refractivity contribution in [2.24, 2.45) is 5.41 Å². The Kier molecular flexibility index (Phi) is 5.17. The van der Waals surface area contributed by atoms with Gasteiger partial charge in [0.2, 0.25) is 0 Å². The number of urea groups is 1. The predicted octanol–water partition coefficient (Wildman–Crippen LogP) is 1.31. The van der Waals surface area contributed by atoms with Crippen LogP contribution in [0, 0.1) is 5.41 Å². The fourth-order valence-electron chi connectivity index (χ4n) is 1.99. The predicted molar refractivity (Wildman–Crippen MR) is 71.0 cm³/mol. The molecule has 0 spiro atoms. The number of amides is 2. The molecule has 0 aliphatic carbocycles. The third-order valence-electron chi connectivity index (χ3n) is 3.50. The van der Waals surface area contributed by atoms with E-state index in [4.69, 9.17) is 9.84 Å². The van der Waals surface area contributed by atoms with Gasteiger partial charge in [-0.25, -0.2) is 4.79 Å². The van der Waals surface area contributed by atoms with Gasteiger partial charge >= 0.3 is 12.0 Å². The van der Waals surface area contributed by atoms with Gasteiger partial charge in [0.25, 0.3) is 0 Å². The molecular formula is C13H24N2O4. The Morgan fingerprint density at radius 3 is 2.53 bits per heavy atom. The van der Waals surface area contributed by atoms with Crippen molar-refractivity contribution in [2.45, 2.75) is 45.7 Å². The van der Waals surface area contributed by atoms with Gasteiger partial charge in [-0.2, -0.15) is 0 Å². The lowest BCUT2D eigenvalue weighted by Gasteiger charge is -2.33. The van der Waals surface area contributed by atoms with Crippen LogP contribution in [0.15, 0.2) is 0 Å². The molecule has 19 heavy (non-hydrogen) atoms. The zero-order chi connectivity index (χ0) is 14.6. The fraction of sp³-hybridized carbons (Fsp3) is 0.846. The highest BCUT2D eigenvalue weighted by Crippen LogP contribution is 2.22. The quantitative estimate of drug-likeness (QED) is 0.808. The summed E-state index contributed by atoms with van der Waals surface area (Å²) in [5.41, 5.74) is -0.304. The largest absolute Gasteiger partial charge is 0.481 e. The SMILES string of the molecule is CN(C(=O)NC(CC(=O)O)C(C)(C)C)C1CCOC1. The molecule has 1 aliphatic heterocycles. The molecule has 2 N–H and O–H groups in total. The van der Waals surface area contributed by atoms with Crippen LogP contribution in [-0.4, -0.2) is 54.4 Å². The molecule has 0 saturated carbocycles. The molecule has 6 nitrogen and oxygen atoms in total. The topological polar surface area (TPSA) is 78.9 Å². The molecular weight excluding hydrogens is 248 g/mol. The molecule has 2 amide bonds. The summed E-state index contributed by atoms with van der Waals surface area (Å²) in [6.07, 6.45) is 0.743. The van der Waals surface area contributed by atoms with Gasteiger partial charge in [0.15, 0.2) is 0 Å². The summed E-state index contributed by atoms with van der Waals surface area (Å²) in [6, 6.07) is -0.565. The number of hydrogen-bond acceptors (Lipinski definition) is 3. The van der Waals surface area contributed by atoms with Crippen LogP contribution in [-0.2, 0) is 9.53 Å². The summed E-state index contributed by atoms with van der Waals surface area (Å²) in [4.78, 5) is 24.6. The van der Waals surface area contributed by atoms with Crippen molar-refractivity contribution in [3.63, 3.8) is 0 Å². The van der Waals surface area contributed by atoms with Crippen molar-refractivity contribution in [3.05, 3.63) is 0 Å². The molecule has 0 bridgehead atoms. The number of nitrogens with one attached hydrogen (secondary N) is 1. The summed E-state index contributed by atoms with van der Waals surface area (Å²) >= 11 is 0. The molecule has 2 unspecified atom stereocenters. The first-order chi connectivity index (χ1) is 8.71. The van der Waals surface area contributed by atoms with Crippen molar-refractivity contribution in [3.8, 4) is 0 Å². The Hall–Kier alpha value is -1.30. The molecule has 0 radical (unpaired) electrons. The fourth-order valence-corrected chi connectivity index (χ4v) is 1.99. The van der Waals surface area contributed by atoms with Crippen LogP contribution in [0.3, 0.4) is 0 Å². The lowest BCUT2D eigenvalue weighted by Crippen LogP contribution is -2.52. The van der Waals surface area contributed by atoms with Crippen LogP contribution in [0.5, 0.6) is 0 Å². The number of nitrogens with zero attached hydrogens (tertiary/aromatic N) is 1. The molecule has 1 aliphatic rings. The zero-order valence-electron chi connectivity index (χ0n) is 12.1. The number of aliphatic carboxylic acids is 1. The molecule has 0 aromatic carbocycles. The molecule has 0 aromatic heterocycles. The second-order valence-electron chi connectivity index (χ2n) is 6.09. The first kappa shape index (κ1) is 15.8. The second-order valence-corrected chi connectivity index (χ2v) is 6.09. The number of carbonyl (C=O) groups is 2. The van der Waals surface area contributed by atoms with E-state index in [-0.39, 0.29) is 23.9 Å². The highest BCUT2D eigenvalue weighted by Gasteiger charge is 2.31. The monoisotopic (exact) mass is 272 g/mol. The molecule has 1 saturated heterocycles. The van der Waals surface area contributed by atoms with Crippen molar-refractivity contribution in [1.82, 2.24) is 10.2 Å².